The van der Waals surface area contributed by atoms with Gasteiger partial charge in [0.2, 0.25) is 0 Å². The molecule has 124 valence electrons. The first kappa shape index (κ1) is 14.8. The number of benzene rings is 3. The molecule has 26 heavy (non-hydrogen) atoms. The Balaban J connectivity index is 1.69. The highest BCUT2D eigenvalue weighted by Gasteiger charge is 2.11. The van der Waals surface area contributed by atoms with Crippen molar-refractivity contribution in [3.63, 3.8) is 0 Å². The van der Waals surface area contributed by atoms with Gasteiger partial charge in [-0.05, 0) is 36.8 Å². The summed E-state index contributed by atoms with van der Waals surface area (Å²) in [4.78, 5) is 8.59. The van der Waals surface area contributed by atoms with E-state index in [9.17, 15) is 0 Å². The van der Waals surface area contributed by atoms with E-state index in [1.165, 1.54) is 21.8 Å². The lowest BCUT2D eigenvalue weighted by molar-refractivity contribution is 1.06. The summed E-state index contributed by atoms with van der Waals surface area (Å²) in [6.45, 7) is 1.90. The van der Waals surface area contributed by atoms with Crippen LogP contribution in [0, 0.1) is 6.92 Å². The van der Waals surface area contributed by atoms with Gasteiger partial charge in [0.25, 0.3) is 0 Å². The fourth-order valence-electron chi connectivity index (χ4n) is 3.55. The molecule has 0 aliphatic rings. The van der Waals surface area contributed by atoms with Crippen LogP contribution in [0.15, 0.2) is 85.2 Å². The zero-order valence-electron chi connectivity index (χ0n) is 14.4. The number of aromatic nitrogens is 3. The molecule has 0 aliphatic heterocycles. The molecular weight excluding hydrogens is 318 g/mol. The minimum atomic E-state index is 0.788. The molecule has 5 rings (SSSR count). The summed E-state index contributed by atoms with van der Waals surface area (Å²) in [5.74, 6) is 0.788. The van der Waals surface area contributed by atoms with Crippen molar-refractivity contribution < 1.29 is 0 Å². The largest absolute Gasteiger partial charge is 0.309 e. The summed E-state index contributed by atoms with van der Waals surface area (Å²) in [6.07, 6.45) is 3.75. The average molecular weight is 335 g/mol. The highest BCUT2D eigenvalue weighted by atomic mass is 15.0. The van der Waals surface area contributed by atoms with Crippen molar-refractivity contribution in [2.75, 3.05) is 0 Å². The first-order chi connectivity index (χ1) is 12.8. The second kappa shape index (κ2) is 5.81. The zero-order valence-corrected chi connectivity index (χ0v) is 14.4. The van der Waals surface area contributed by atoms with Crippen molar-refractivity contribution in [1.29, 1.82) is 0 Å². The molecule has 3 aromatic carbocycles. The Morgan fingerprint density at radius 1 is 0.615 bits per heavy atom. The number of hydrogen-bond acceptors (Lipinski definition) is 2. The lowest BCUT2D eigenvalue weighted by atomic mass is 10.1. The first-order valence-electron chi connectivity index (χ1n) is 8.69. The lowest BCUT2D eigenvalue weighted by Crippen LogP contribution is -1.94. The maximum Gasteiger partial charge on any atom is 0.125 e. The molecule has 2 aromatic heterocycles. The number of hydrogen-bond donors (Lipinski definition) is 0. The topological polar surface area (TPSA) is 30.7 Å². The van der Waals surface area contributed by atoms with E-state index in [-0.39, 0.29) is 0 Å². The van der Waals surface area contributed by atoms with Gasteiger partial charge in [0.05, 0.1) is 11.0 Å². The van der Waals surface area contributed by atoms with Crippen molar-refractivity contribution in [2.45, 2.75) is 6.92 Å². The van der Waals surface area contributed by atoms with E-state index in [4.69, 9.17) is 0 Å². The van der Waals surface area contributed by atoms with Crippen LogP contribution in [-0.4, -0.2) is 14.5 Å². The van der Waals surface area contributed by atoms with Crippen LogP contribution in [-0.2, 0) is 0 Å². The average Bonchev–Trinajstić information content (AvgIpc) is 3.03. The van der Waals surface area contributed by atoms with Gasteiger partial charge < -0.3 is 4.57 Å². The van der Waals surface area contributed by atoms with Crippen LogP contribution in [0.1, 0.15) is 5.82 Å². The molecule has 0 spiro atoms. The van der Waals surface area contributed by atoms with Crippen molar-refractivity contribution in [2.24, 2.45) is 0 Å². The highest BCUT2D eigenvalue weighted by Crippen LogP contribution is 2.32. The van der Waals surface area contributed by atoms with Crippen molar-refractivity contribution in [3.05, 3.63) is 91.0 Å². The lowest BCUT2D eigenvalue weighted by Gasteiger charge is -2.09. The summed E-state index contributed by atoms with van der Waals surface area (Å²) >= 11 is 0. The molecule has 0 unspecified atom stereocenters. The van der Waals surface area contributed by atoms with E-state index in [0.717, 1.165) is 22.6 Å². The standard InChI is InChI=1S/C23H17N3/c1-16-24-14-18(15-25-16)17-10-12-19(13-11-17)26-22-8-4-2-6-20(22)21-7-3-5-9-23(21)26/h2-15H,1H3. The van der Waals surface area contributed by atoms with Crippen LogP contribution in [0.25, 0.3) is 38.6 Å². The van der Waals surface area contributed by atoms with Crippen molar-refractivity contribution in [1.82, 2.24) is 14.5 Å². The highest BCUT2D eigenvalue weighted by molar-refractivity contribution is 6.09. The Morgan fingerprint density at radius 2 is 1.15 bits per heavy atom. The van der Waals surface area contributed by atoms with Crippen LogP contribution in [0.3, 0.4) is 0 Å². The van der Waals surface area contributed by atoms with E-state index in [1.54, 1.807) is 0 Å². The van der Waals surface area contributed by atoms with Gasteiger partial charge in [-0.1, -0.05) is 48.5 Å². The van der Waals surface area contributed by atoms with Crippen LogP contribution >= 0.6 is 0 Å². The van der Waals surface area contributed by atoms with Gasteiger partial charge in [0.1, 0.15) is 5.82 Å². The van der Waals surface area contributed by atoms with Gasteiger partial charge >= 0.3 is 0 Å². The number of rotatable bonds is 2. The molecule has 0 amide bonds. The maximum absolute atomic E-state index is 4.29. The number of nitrogens with zero attached hydrogens (tertiary/aromatic N) is 3. The molecule has 0 atom stereocenters. The summed E-state index contributed by atoms with van der Waals surface area (Å²) in [5.41, 5.74) is 5.75. The summed E-state index contributed by atoms with van der Waals surface area (Å²) in [5, 5.41) is 2.55. The number of aryl methyl sites for hydroxylation is 1. The van der Waals surface area contributed by atoms with E-state index < -0.39 is 0 Å². The van der Waals surface area contributed by atoms with E-state index in [1.807, 2.05) is 19.3 Å². The molecule has 2 heterocycles. The van der Waals surface area contributed by atoms with Gasteiger partial charge in [-0.25, -0.2) is 9.97 Å². The third-order valence-corrected chi connectivity index (χ3v) is 4.82. The molecule has 0 saturated heterocycles. The maximum atomic E-state index is 4.29. The predicted octanol–water partition coefficient (Wildman–Crippen LogP) is 5.55. The Bertz CT molecular complexity index is 1160. The molecule has 0 bridgehead atoms. The smallest absolute Gasteiger partial charge is 0.125 e. The van der Waals surface area contributed by atoms with E-state index in [0.29, 0.717) is 0 Å². The second-order valence-electron chi connectivity index (χ2n) is 6.44. The molecule has 3 heteroatoms. The third kappa shape index (κ3) is 2.29. The minimum Gasteiger partial charge on any atom is -0.309 e. The Hall–Kier alpha value is -3.46. The van der Waals surface area contributed by atoms with Gasteiger partial charge in [-0.2, -0.15) is 0 Å². The van der Waals surface area contributed by atoms with Crippen LogP contribution < -0.4 is 0 Å². The van der Waals surface area contributed by atoms with E-state index >= 15 is 0 Å². The molecule has 0 radical (unpaired) electrons. The number of para-hydroxylation sites is 2. The van der Waals surface area contributed by atoms with Crippen molar-refractivity contribution in [3.8, 4) is 16.8 Å². The second-order valence-corrected chi connectivity index (χ2v) is 6.44. The molecule has 0 saturated carbocycles. The van der Waals surface area contributed by atoms with Gasteiger partial charge in [0.15, 0.2) is 0 Å². The van der Waals surface area contributed by atoms with Crippen LogP contribution in [0.4, 0.5) is 0 Å². The molecule has 0 N–H and O–H groups in total. The Labute approximate surface area is 151 Å². The van der Waals surface area contributed by atoms with E-state index in [2.05, 4.69) is 87.3 Å². The monoisotopic (exact) mass is 335 g/mol. The van der Waals surface area contributed by atoms with Gasteiger partial charge in [0, 0.05) is 34.4 Å². The minimum absolute atomic E-state index is 0.788. The first-order valence-corrected chi connectivity index (χ1v) is 8.69. The third-order valence-electron chi connectivity index (χ3n) is 4.82. The van der Waals surface area contributed by atoms with Crippen LogP contribution in [0.5, 0.6) is 0 Å². The molecule has 0 fully saturated rings. The summed E-state index contributed by atoms with van der Waals surface area (Å²) < 4.78 is 2.32. The fraction of sp³-hybridized carbons (Fsp3) is 0.0435. The normalized spacial score (nSPS) is 11.3. The summed E-state index contributed by atoms with van der Waals surface area (Å²) in [6, 6.07) is 25.7. The molecule has 3 nitrogen and oxygen atoms in total. The molecular formula is C23H17N3. The van der Waals surface area contributed by atoms with Crippen LogP contribution in [0.2, 0.25) is 0 Å². The van der Waals surface area contributed by atoms with Crippen molar-refractivity contribution >= 4 is 21.8 Å². The summed E-state index contributed by atoms with van der Waals surface area (Å²) in [7, 11) is 0. The fourth-order valence-corrected chi connectivity index (χ4v) is 3.55. The Kier molecular flexibility index (Phi) is 3.32. The molecule has 5 aromatic rings. The zero-order chi connectivity index (χ0) is 17.5. The number of fused-ring (bicyclic) bond motifs is 3. The quantitative estimate of drug-likeness (QED) is 0.423. The van der Waals surface area contributed by atoms with Gasteiger partial charge in [-0.15, -0.1) is 0 Å². The van der Waals surface area contributed by atoms with Gasteiger partial charge in [-0.3, -0.25) is 0 Å². The molecule has 0 aliphatic carbocycles. The SMILES string of the molecule is Cc1ncc(-c2ccc(-n3c4ccccc4c4ccccc43)cc2)cn1. The Morgan fingerprint density at radius 3 is 1.73 bits per heavy atom. The predicted molar refractivity (Wildman–Crippen MR) is 107 cm³/mol.